The second kappa shape index (κ2) is 5.09. The van der Waals surface area contributed by atoms with Crippen molar-refractivity contribution in [3.63, 3.8) is 0 Å². The molecule has 0 spiro atoms. The fraction of sp³-hybridized carbons (Fsp3) is 0.714. The number of nitrogens with one attached hydrogen (secondary N) is 1. The van der Waals surface area contributed by atoms with Crippen LogP contribution in [-0.4, -0.2) is 6.04 Å². The van der Waals surface area contributed by atoms with Gasteiger partial charge in [-0.25, -0.2) is 0 Å². The van der Waals surface area contributed by atoms with E-state index in [-0.39, 0.29) is 0 Å². The van der Waals surface area contributed by atoms with Crippen LogP contribution in [0.2, 0.25) is 0 Å². The lowest BCUT2D eigenvalue weighted by Gasteiger charge is -2.26. The van der Waals surface area contributed by atoms with Crippen LogP contribution in [-0.2, 0) is 6.42 Å². The Labute approximate surface area is 108 Å². The Hall–Kier alpha value is -0.380. The molecule has 1 aromatic heterocycles. The van der Waals surface area contributed by atoms with Crippen molar-refractivity contribution in [2.75, 3.05) is 0 Å². The van der Waals surface area contributed by atoms with E-state index in [0.717, 1.165) is 24.2 Å². The van der Waals surface area contributed by atoms with E-state index >= 15 is 0 Å². The molecule has 1 heterocycles. The van der Waals surface area contributed by atoms with Crippen molar-refractivity contribution in [1.29, 1.82) is 0 Å². The number of rotatable bonds is 5. The SMILES string of the molecule is NNC(Cc1ccsc1)CC1CC2CCC1C2. The Morgan fingerprint density at radius 3 is 2.94 bits per heavy atom. The van der Waals surface area contributed by atoms with Gasteiger partial charge in [-0.2, -0.15) is 11.3 Å². The second-order valence-corrected chi connectivity index (χ2v) is 6.65. The van der Waals surface area contributed by atoms with Gasteiger partial charge in [-0.15, -0.1) is 0 Å². The molecular formula is C14H22N2S. The van der Waals surface area contributed by atoms with Gasteiger partial charge in [0.2, 0.25) is 0 Å². The van der Waals surface area contributed by atoms with Crippen molar-refractivity contribution < 1.29 is 0 Å². The van der Waals surface area contributed by atoms with Gasteiger partial charge in [0.25, 0.3) is 0 Å². The van der Waals surface area contributed by atoms with Crippen LogP contribution in [0.3, 0.4) is 0 Å². The predicted molar refractivity (Wildman–Crippen MR) is 72.7 cm³/mol. The van der Waals surface area contributed by atoms with Crippen molar-refractivity contribution in [3.05, 3.63) is 22.4 Å². The van der Waals surface area contributed by atoms with E-state index in [4.69, 9.17) is 5.84 Å². The molecule has 0 amide bonds. The van der Waals surface area contributed by atoms with E-state index in [1.165, 1.54) is 37.7 Å². The maximum Gasteiger partial charge on any atom is 0.0253 e. The van der Waals surface area contributed by atoms with Crippen LogP contribution in [0, 0.1) is 17.8 Å². The van der Waals surface area contributed by atoms with Gasteiger partial charge in [-0.05, 0) is 72.2 Å². The molecule has 2 aliphatic rings. The van der Waals surface area contributed by atoms with Crippen molar-refractivity contribution in [3.8, 4) is 0 Å². The van der Waals surface area contributed by atoms with Crippen LogP contribution in [0.5, 0.6) is 0 Å². The van der Waals surface area contributed by atoms with Crippen LogP contribution in [0.1, 0.15) is 37.7 Å². The number of hydrazine groups is 1. The number of nitrogens with two attached hydrogens (primary N) is 1. The summed E-state index contributed by atoms with van der Waals surface area (Å²) < 4.78 is 0. The molecule has 0 saturated heterocycles. The lowest BCUT2D eigenvalue weighted by Crippen LogP contribution is -2.38. The molecule has 3 rings (SSSR count). The summed E-state index contributed by atoms with van der Waals surface area (Å²) in [6, 6.07) is 2.68. The maximum atomic E-state index is 5.72. The van der Waals surface area contributed by atoms with E-state index in [9.17, 15) is 0 Å². The van der Waals surface area contributed by atoms with Gasteiger partial charge >= 0.3 is 0 Å². The minimum absolute atomic E-state index is 0.467. The molecule has 94 valence electrons. The van der Waals surface area contributed by atoms with Crippen LogP contribution in [0.25, 0.3) is 0 Å². The average molecular weight is 250 g/mol. The lowest BCUT2D eigenvalue weighted by atomic mass is 9.83. The zero-order valence-electron chi connectivity index (χ0n) is 10.3. The van der Waals surface area contributed by atoms with E-state index in [1.54, 1.807) is 11.3 Å². The third kappa shape index (κ3) is 2.56. The van der Waals surface area contributed by atoms with Crippen molar-refractivity contribution in [2.45, 2.75) is 44.6 Å². The van der Waals surface area contributed by atoms with Crippen LogP contribution < -0.4 is 11.3 Å². The second-order valence-electron chi connectivity index (χ2n) is 5.87. The summed E-state index contributed by atoms with van der Waals surface area (Å²) in [5, 5.41) is 4.39. The molecule has 2 bridgehead atoms. The zero-order valence-corrected chi connectivity index (χ0v) is 11.1. The molecule has 2 nitrogen and oxygen atoms in total. The number of hydrogen-bond acceptors (Lipinski definition) is 3. The number of thiophene rings is 1. The summed E-state index contributed by atoms with van der Waals surface area (Å²) >= 11 is 1.78. The molecule has 3 N–H and O–H groups in total. The first-order valence-corrected chi connectivity index (χ1v) is 7.76. The molecule has 0 aliphatic heterocycles. The molecule has 17 heavy (non-hydrogen) atoms. The fourth-order valence-corrected chi connectivity index (χ4v) is 4.62. The minimum Gasteiger partial charge on any atom is -0.271 e. The first kappa shape index (κ1) is 11.7. The molecule has 2 saturated carbocycles. The van der Waals surface area contributed by atoms with E-state index in [2.05, 4.69) is 22.3 Å². The molecule has 0 aromatic carbocycles. The van der Waals surface area contributed by atoms with Crippen LogP contribution >= 0.6 is 11.3 Å². The Kier molecular flexibility index (Phi) is 3.50. The Morgan fingerprint density at radius 1 is 1.41 bits per heavy atom. The van der Waals surface area contributed by atoms with Gasteiger partial charge in [0, 0.05) is 6.04 Å². The molecule has 1 aromatic rings. The monoisotopic (exact) mass is 250 g/mol. The Balaban J connectivity index is 1.55. The molecule has 2 fully saturated rings. The highest BCUT2D eigenvalue weighted by atomic mass is 32.1. The molecule has 3 heteroatoms. The molecule has 0 radical (unpaired) electrons. The van der Waals surface area contributed by atoms with E-state index in [1.807, 2.05) is 0 Å². The quantitative estimate of drug-likeness (QED) is 0.623. The van der Waals surface area contributed by atoms with Crippen molar-refractivity contribution in [1.82, 2.24) is 5.43 Å². The highest BCUT2D eigenvalue weighted by molar-refractivity contribution is 7.07. The highest BCUT2D eigenvalue weighted by Crippen LogP contribution is 2.49. The van der Waals surface area contributed by atoms with Crippen LogP contribution in [0.15, 0.2) is 16.8 Å². The summed E-state index contributed by atoms with van der Waals surface area (Å²) in [4.78, 5) is 0. The minimum atomic E-state index is 0.467. The largest absolute Gasteiger partial charge is 0.271 e. The summed E-state index contributed by atoms with van der Waals surface area (Å²) in [6.07, 6.45) is 8.30. The molecule has 4 unspecified atom stereocenters. The van der Waals surface area contributed by atoms with Crippen molar-refractivity contribution >= 4 is 11.3 Å². The van der Waals surface area contributed by atoms with E-state index in [0.29, 0.717) is 6.04 Å². The van der Waals surface area contributed by atoms with Gasteiger partial charge in [0.15, 0.2) is 0 Å². The average Bonchev–Trinajstić information content (AvgIpc) is 3.04. The Morgan fingerprint density at radius 2 is 2.35 bits per heavy atom. The molecular weight excluding hydrogens is 228 g/mol. The smallest absolute Gasteiger partial charge is 0.0253 e. The van der Waals surface area contributed by atoms with Crippen LogP contribution in [0.4, 0.5) is 0 Å². The summed E-state index contributed by atoms with van der Waals surface area (Å²) in [6.45, 7) is 0. The van der Waals surface area contributed by atoms with Gasteiger partial charge in [0.05, 0.1) is 0 Å². The van der Waals surface area contributed by atoms with Gasteiger partial charge < -0.3 is 0 Å². The Bertz CT molecular complexity index is 349. The zero-order chi connectivity index (χ0) is 11.7. The molecule has 4 atom stereocenters. The lowest BCUT2D eigenvalue weighted by molar-refractivity contribution is 0.277. The standard InChI is InChI=1S/C14H22N2S/c15-16-14(7-11-3-4-17-9-11)8-13-6-10-1-2-12(13)5-10/h3-4,9-10,12-14,16H,1-2,5-8,15H2. The van der Waals surface area contributed by atoms with E-state index < -0.39 is 0 Å². The third-order valence-corrected chi connectivity index (χ3v) is 5.50. The van der Waals surface area contributed by atoms with Gasteiger partial charge in [0.1, 0.15) is 0 Å². The summed E-state index contributed by atoms with van der Waals surface area (Å²) in [7, 11) is 0. The summed E-state index contributed by atoms with van der Waals surface area (Å²) in [5.41, 5.74) is 4.46. The maximum absolute atomic E-state index is 5.72. The predicted octanol–water partition coefficient (Wildman–Crippen LogP) is 2.95. The first-order valence-electron chi connectivity index (χ1n) is 6.82. The summed E-state index contributed by atoms with van der Waals surface area (Å²) in [5.74, 6) is 8.72. The van der Waals surface area contributed by atoms with Gasteiger partial charge in [-0.1, -0.05) is 6.42 Å². The topological polar surface area (TPSA) is 38.0 Å². The molecule has 2 aliphatic carbocycles. The number of hydrogen-bond donors (Lipinski definition) is 2. The first-order chi connectivity index (χ1) is 8.35. The number of fused-ring (bicyclic) bond motifs is 2. The van der Waals surface area contributed by atoms with Crippen molar-refractivity contribution in [2.24, 2.45) is 23.6 Å². The third-order valence-electron chi connectivity index (χ3n) is 4.77. The fourth-order valence-electron chi connectivity index (χ4n) is 3.93. The van der Waals surface area contributed by atoms with Gasteiger partial charge in [-0.3, -0.25) is 11.3 Å². The highest BCUT2D eigenvalue weighted by Gasteiger charge is 2.39. The normalized spacial score (nSPS) is 33.1.